The molecule has 0 aliphatic rings. The van der Waals surface area contributed by atoms with E-state index in [9.17, 15) is 29.4 Å². The number of carbonyl (C=O) groups is 4. The molecule has 0 saturated heterocycles. The van der Waals surface area contributed by atoms with Crippen LogP contribution in [0.15, 0.2) is 60.7 Å². The number of esters is 2. The van der Waals surface area contributed by atoms with Crippen LogP contribution in [0.1, 0.15) is 219 Å². The van der Waals surface area contributed by atoms with Gasteiger partial charge in [-0.2, -0.15) is 0 Å². The summed E-state index contributed by atoms with van der Waals surface area (Å²) in [5.41, 5.74) is 2.39. The van der Waals surface area contributed by atoms with Crippen molar-refractivity contribution in [1.82, 2.24) is 0 Å². The molecule has 0 radical (unpaired) electrons. The van der Waals surface area contributed by atoms with Crippen LogP contribution >= 0.6 is 0 Å². The second-order valence-corrected chi connectivity index (χ2v) is 17.5. The molecule has 0 heterocycles. The maximum Gasteiger partial charge on any atom is 2.00 e. The van der Waals surface area contributed by atoms with Crippen molar-refractivity contribution in [2.24, 2.45) is 0 Å². The van der Waals surface area contributed by atoms with Gasteiger partial charge in [0.05, 0.1) is 25.4 Å². The Morgan fingerprint density at radius 3 is 0.985 bits per heavy atom. The van der Waals surface area contributed by atoms with Gasteiger partial charge in [0.25, 0.3) is 0 Å². The summed E-state index contributed by atoms with van der Waals surface area (Å²) >= 11 is 0. The normalized spacial score (nSPS) is 12.7. The van der Waals surface area contributed by atoms with Gasteiger partial charge in [0.15, 0.2) is 0 Å². The van der Waals surface area contributed by atoms with Crippen molar-refractivity contribution in [1.29, 1.82) is 0 Å². The monoisotopic (exact) mass is 1030 g/mol. The quantitative estimate of drug-likeness (QED) is 0.0358. The van der Waals surface area contributed by atoms with Crippen molar-refractivity contribution in [3.8, 4) is 0 Å². The molecule has 0 aromatic heterocycles. The molecule has 0 aliphatic heterocycles. The van der Waals surface area contributed by atoms with E-state index in [4.69, 9.17) is 18.9 Å². The molecule has 364 valence electrons. The number of carbonyl (C=O) groups excluding carboxylic acids is 4. The molecule has 2 rings (SSSR count). The number of carboxylic acid groups (broad SMARTS) is 2. The van der Waals surface area contributed by atoms with Gasteiger partial charge in [-0.1, -0.05) is 164 Å². The molecule has 10 nitrogen and oxygen atoms in total. The third-order valence-corrected chi connectivity index (χ3v) is 11.7. The SMILES string of the molecule is CCC(CCCC(CCCCCCCCCCC(=O)[O-])OCc1ccccc1)OC(C)=O.CCC(CCCC(CCCCCCCCCCC(=O)[O-])OCc1ccccc1)OC(C)=O.[Ba+2]. The van der Waals surface area contributed by atoms with Gasteiger partial charge in [-0.05, 0) is 101 Å². The molecule has 0 amide bonds. The molecule has 0 spiro atoms. The average molecular weight is 1030 g/mol. The van der Waals surface area contributed by atoms with Gasteiger partial charge in [0.2, 0.25) is 0 Å². The molecule has 0 aliphatic carbocycles. The van der Waals surface area contributed by atoms with Crippen LogP contribution in [0, 0.1) is 0 Å². The number of hydrogen-bond donors (Lipinski definition) is 0. The summed E-state index contributed by atoms with van der Waals surface area (Å²) in [4.78, 5) is 43.3. The third kappa shape index (κ3) is 40.6. The Hall–Kier alpha value is -2.19. The van der Waals surface area contributed by atoms with Crippen LogP contribution in [-0.2, 0) is 51.3 Å². The molecule has 2 aromatic carbocycles. The van der Waals surface area contributed by atoms with Gasteiger partial charge < -0.3 is 38.7 Å². The average Bonchev–Trinajstić information content (AvgIpc) is 3.27. The summed E-state index contributed by atoms with van der Waals surface area (Å²) in [5, 5.41) is 20.8. The second-order valence-electron chi connectivity index (χ2n) is 17.5. The number of ether oxygens (including phenoxy) is 4. The first-order valence-electron chi connectivity index (χ1n) is 25.1. The summed E-state index contributed by atoms with van der Waals surface area (Å²) in [7, 11) is 0. The fourth-order valence-corrected chi connectivity index (χ4v) is 7.91. The van der Waals surface area contributed by atoms with Crippen molar-refractivity contribution in [3.05, 3.63) is 71.8 Å². The van der Waals surface area contributed by atoms with Gasteiger partial charge in [-0.25, -0.2) is 0 Å². The minimum atomic E-state index is -0.939. The smallest absolute Gasteiger partial charge is 0.550 e. The Kier molecular flexibility index (Phi) is 42.8. The van der Waals surface area contributed by atoms with Crippen LogP contribution in [-0.4, -0.2) is 97.2 Å². The molecule has 4 unspecified atom stereocenters. The van der Waals surface area contributed by atoms with Gasteiger partial charge in [0.1, 0.15) is 12.2 Å². The van der Waals surface area contributed by atoms with Gasteiger partial charge in [-0.3, -0.25) is 9.59 Å². The Bertz CT molecular complexity index is 1320. The maximum absolute atomic E-state index is 11.2. The van der Waals surface area contributed by atoms with E-state index in [1.807, 2.05) is 36.4 Å². The standard InChI is InChI=1S/2C27H44O5.Ba/c2*1-3-25(32-23(2)28)19-15-20-26(31-22-24-16-11-10-12-17-24)18-13-8-6-4-5-7-9-14-21-27(29)30;/h2*10-12,16-17,25-26H,3-9,13-15,18-22H2,1-2H3,(H,29,30);/q;;+2/p-2. The van der Waals surface area contributed by atoms with Crippen LogP contribution in [0.5, 0.6) is 0 Å². The van der Waals surface area contributed by atoms with Crippen molar-refractivity contribution in [2.75, 3.05) is 0 Å². The Morgan fingerprint density at radius 1 is 0.415 bits per heavy atom. The number of aliphatic carboxylic acids is 2. The zero-order chi connectivity index (χ0) is 46.9. The van der Waals surface area contributed by atoms with Crippen LogP contribution < -0.4 is 10.2 Å². The van der Waals surface area contributed by atoms with E-state index in [1.54, 1.807) is 0 Å². The molecular weight excluding hydrogens is 946 g/mol. The largest absolute Gasteiger partial charge is 2.00 e. The Labute approximate surface area is 434 Å². The summed E-state index contributed by atoms with van der Waals surface area (Å²) in [6.45, 7) is 8.34. The van der Waals surface area contributed by atoms with Crippen LogP contribution in [0.3, 0.4) is 0 Å². The summed E-state index contributed by atoms with van der Waals surface area (Å²) in [5.74, 6) is -2.28. The number of carboxylic acids is 2. The molecule has 4 atom stereocenters. The van der Waals surface area contributed by atoms with Crippen LogP contribution in [0.4, 0.5) is 0 Å². The predicted octanol–water partition coefficient (Wildman–Crippen LogP) is 11.1. The van der Waals surface area contributed by atoms with Crippen molar-refractivity contribution < 1.29 is 48.3 Å². The first-order chi connectivity index (χ1) is 31.0. The molecule has 0 N–H and O–H groups in total. The first kappa shape index (κ1) is 62.8. The Morgan fingerprint density at radius 2 is 0.692 bits per heavy atom. The summed E-state index contributed by atoms with van der Waals surface area (Å²) in [6, 6.07) is 20.6. The predicted molar refractivity (Wildman–Crippen MR) is 258 cm³/mol. The molecule has 0 fully saturated rings. The molecule has 11 heteroatoms. The van der Waals surface area contributed by atoms with E-state index in [1.165, 1.54) is 76.3 Å². The molecular formula is C54H86BaO10. The number of hydrogen-bond acceptors (Lipinski definition) is 10. The van der Waals surface area contributed by atoms with Gasteiger partial charge in [-0.15, -0.1) is 0 Å². The third-order valence-electron chi connectivity index (χ3n) is 11.7. The second kappa shape index (κ2) is 44.3. The van der Waals surface area contributed by atoms with Crippen molar-refractivity contribution in [2.45, 2.75) is 245 Å². The summed E-state index contributed by atoms with van der Waals surface area (Å²) < 4.78 is 23.3. The van der Waals surface area contributed by atoms with Crippen molar-refractivity contribution >= 4 is 72.8 Å². The molecule has 0 saturated carbocycles. The minimum absolute atomic E-state index is 0. The van der Waals surface area contributed by atoms with E-state index in [0.717, 1.165) is 116 Å². The molecule has 65 heavy (non-hydrogen) atoms. The molecule has 2 aromatic rings. The number of rotatable bonds is 40. The van der Waals surface area contributed by atoms with Crippen LogP contribution in [0.25, 0.3) is 0 Å². The summed E-state index contributed by atoms with van der Waals surface area (Å²) in [6.07, 6.45) is 28.0. The van der Waals surface area contributed by atoms with E-state index in [-0.39, 0.29) is 98.1 Å². The van der Waals surface area contributed by atoms with Gasteiger partial charge in [0, 0.05) is 25.8 Å². The van der Waals surface area contributed by atoms with E-state index in [2.05, 4.69) is 38.1 Å². The van der Waals surface area contributed by atoms with E-state index < -0.39 is 11.9 Å². The number of unbranched alkanes of at least 4 members (excludes halogenated alkanes) is 14. The maximum atomic E-state index is 11.2. The Balaban J connectivity index is 0.00000124. The fraction of sp³-hybridized carbons (Fsp3) is 0.704. The fourth-order valence-electron chi connectivity index (χ4n) is 7.91. The van der Waals surface area contributed by atoms with E-state index >= 15 is 0 Å². The zero-order valence-corrected chi connectivity index (χ0v) is 45.5. The van der Waals surface area contributed by atoms with Crippen LogP contribution in [0.2, 0.25) is 0 Å². The molecule has 0 bridgehead atoms. The minimum Gasteiger partial charge on any atom is -0.550 e. The topological polar surface area (TPSA) is 151 Å². The van der Waals surface area contributed by atoms with Crippen molar-refractivity contribution in [3.63, 3.8) is 0 Å². The van der Waals surface area contributed by atoms with E-state index in [0.29, 0.717) is 13.2 Å². The van der Waals surface area contributed by atoms with Gasteiger partial charge >= 0.3 is 60.8 Å². The number of benzene rings is 2. The zero-order valence-electron chi connectivity index (χ0n) is 41.1. The first-order valence-corrected chi connectivity index (χ1v) is 25.1.